The number of unbranched alkanes of at least 4 members (excludes halogenated alkanes) is 2. The Morgan fingerprint density at radius 2 is 1.88 bits per heavy atom. The molecule has 0 saturated carbocycles. The third-order valence-corrected chi connectivity index (χ3v) is 3.23. The summed E-state index contributed by atoms with van der Waals surface area (Å²) in [7, 11) is 0. The molecule has 0 radical (unpaired) electrons. The van der Waals surface area contributed by atoms with Crippen molar-refractivity contribution in [2.45, 2.75) is 44.8 Å². The molecular weight excluding hydrogens is 259 g/mol. The molecule has 1 rings (SSSR count). The average Bonchev–Trinajstić information content (AvgIpc) is 2.28. The number of rotatable bonds is 7. The van der Waals surface area contributed by atoms with Crippen molar-refractivity contribution in [1.29, 1.82) is 0 Å². The Morgan fingerprint density at radius 1 is 1.29 bits per heavy atom. The fourth-order valence-corrected chi connectivity index (χ4v) is 2.11. The SMILES string of the molecule is CCCCN(CCCC)C1(Cl)N=CNC(Cl)=N1. The molecule has 98 valence electrons. The molecule has 17 heavy (non-hydrogen) atoms. The van der Waals surface area contributed by atoms with Crippen molar-refractivity contribution in [2.24, 2.45) is 9.98 Å². The highest BCUT2D eigenvalue weighted by Gasteiger charge is 2.34. The highest BCUT2D eigenvalue weighted by molar-refractivity contribution is 6.66. The number of halogens is 2. The predicted octanol–water partition coefficient (Wildman–Crippen LogP) is 2.97. The fraction of sp³-hybridized carbons (Fsp3) is 0.818. The number of nitrogens with zero attached hydrogens (tertiary/aromatic N) is 3. The van der Waals surface area contributed by atoms with Crippen molar-refractivity contribution in [3.8, 4) is 0 Å². The van der Waals surface area contributed by atoms with Crippen molar-refractivity contribution >= 4 is 34.8 Å². The van der Waals surface area contributed by atoms with E-state index in [0.29, 0.717) is 0 Å². The first-order valence-electron chi connectivity index (χ1n) is 6.12. The minimum absolute atomic E-state index is 0.285. The standard InChI is InChI=1S/C11H20Cl2N4/c1-3-5-7-17(8-6-4-2)11(13)15-9-14-10(12)16-11/h9H,3-8H2,1-2H3,(H,14,15,16). The van der Waals surface area contributed by atoms with Crippen LogP contribution in [0.3, 0.4) is 0 Å². The summed E-state index contributed by atoms with van der Waals surface area (Å²) in [6, 6.07) is 0. The van der Waals surface area contributed by atoms with E-state index in [1.165, 1.54) is 6.34 Å². The highest BCUT2D eigenvalue weighted by atomic mass is 35.5. The van der Waals surface area contributed by atoms with Crippen molar-refractivity contribution in [1.82, 2.24) is 10.2 Å². The Hall–Kier alpha value is -0.320. The van der Waals surface area contributed by atoms with Gasteiger partial charge in [0.1, 0.15) is 0 Å². The third-order valence-electron chi connectivity index (χ3n) is 2.62. The second-order valence-electron chi connectivity index (χ2n) is 4.05. The minimum atomic E-state index is -1.06. The first-order valence-corrected chi connectivity index (χ1v) is 6.87. The molecule has 0 amide bonds. The van der Waals surface area contributed by atoms with Crippen LogP contribution >= 0.6 is 23.2 Å². The van der Waals surface area contributed by atoms with E-state index < -0.39 is 5.25 Å². The summed E-state index contributed by atoms with van der Waals surface area (Å²) in [6.07, 6.45) is 5.90. The first-order chi connectivity index (χ1) is 8.12. The van der Waals surface area contributed by atoms with Crippen LogP contribution in [-0.4, -0.2) is 34.9 Å². The van der Waals surface area contributed by atoms with Crippen LogP contribution in [0.25, 0.3) is 0 Å². The molecule has 4 nitrogen and oxygen atoms in total. The molecule has 0 aliphatic carbocycles. The van der Waals surface area contributed by atoms with E-state index in [2.05, 4.69) is 34.0 Å². The zero-order valence-corrected chi connectivity index (χ0v) is 11.9. The molecule has 1 aliphatic rings. The van der Waals surface area contributed by atoms with E-state index in [-0.39, 0.29) is 5.29 Å². The molecule has 0 spiro atoms. The maximum Gasteiger partial charge on any atom is 0.291 e. The van der Waals surface area contributed by atoms with E-state index in [9.17, 15) is 0 Å². The van der Waals surface area contributed by atoms with Gasteiger partial charge in [-0.2, -0.15) is 4.99 Å². The van der Waals surface area contributed by atoms with Crippen LogP contribution in [0.5, 0.6) is 0 Å². The molecule has 0 aromatic rings. The number of aliphatic imine (C=N–C) groups is 2. The Kier molecular flexibility index (Phi) is 6.23. The molecule has 0 saturated heterocycles. The van der Waals surface area contributed by atoms with Crippen LogP contribution in [0.15, 0.2) is 9.98 Å². The van der Waals surface area contributed by atoms with Crippen LogP contribution in [-0.2, 0) is 0 Å². The van der Waals surface area contributed by atoms with Crippen molar-refractivity contribution in [2.75, 3.05) is 13.1 Å². The molecule has 0 aromatic carbocycles. The maximum atomic E-state index is 6.42. The van der Waals surface area contributed by atoms with Crippen LogP contribution in [0.1, 0.15) is 39.5 Å². The fourth-order valence-electron chi connectivity index (χ4n) is 1.60. The summed E-state index contributed by atoms with van der Waals surface area (Å²) in [5, 5.41) is 1.94. The van der Waals surface area contributed by atoms with Gasteiger partial charge in [-0.15, -0.1) is 0 Å². The predicted molar refractivity (Wildman–Crippen MR) is 74.9 cm³/mol. The largest absolute Gasteiger partial charge is 0.322 e. The molecule has 1 N–H and O–H groups in total. The lowest BCUT2D eigenvalue weighted by molar-refractivity contribution is 0.168. The molecule has 1 atom stereocenters. The summed E-state index contributed by atoms with van der Waals surface area (Å²) >= 11 is 12.3. The van der Waals surface area contributed by atoms with Crippen LogP contribution in [0.2, 0.25) is 0 Å². The molecule has 1 aliphatic heterocycles. The third kappa shape index (κ3) is 4.45. The zero-order chi connectivity index (χ0) is 12.7. The Balaban J connectivity index is 2.72. The van der Waals surface area contributed by atoms with Crippen molar-refractivity contribution < 1.29 is 0 Å². The highest BCUT2D eigenvalue weighted by Crippen LogP contribution is 2.27. The number of nitrogens with one attached hydrogen (secondary N) is 1. The van der Waals surface area contributed by atoms with Crippen LogP contribution in [0.4, 0.5) is 0 Å². The molecule has 0 fully saturated rings. The molecule has 1 unspecified atom stereocenters. The van der Waals surface area contributed by atoms with Gasteiger partial charge in [0.15, 0.2) is 0 Å². The Bertz CT molecular complexity index is 285. The van der Waals surface area contributed by atoms with E-state index in [1.807, 2.05) is 0 Å². The number of hydrogen-bond donors (Lipinski definition) is 1. The summed E-state index contributed by atoms with van der Waals surface area (Å²) < 4.78 is 0. The first kappa shape index (κ1) is 14.7. The van der Waals surface area contributed by atoms with Gasteiger partial charge in [0.2, 0.25) is 5.29 Å². The normalized spacial score (nSPS) is 23.7. The van der Waals surface area contributed by atoms with Gasteiger partial charge < -0.3 is 5.32 Å². The molecular formula is C11H20Cl2N4. The van der Waals surface area contributed by atoms with Crippen molar-refractivity contribution in [3.63, 3.8) is 0 Å². The number of amidine groups is 1. The number of alkyl halides is 1. The summed E-state index contributed by atoms with van der Waals surface area (Å²) in [5.41, 5.74) is 0. The monoisotopic (exact) mass is 278 g/mol. The smallest absolute Gasteiger partial charge is 0.291 e. The van der Waals surface area contributed by atoms with Crippen LogP contribution < -0.4 is 5.32 Å². The van der Waals surface area contributed by atoms with Gasteiger partial charge in [-0.3, -0.25) is 0 Å². The lowest BCUT2D eigenvalue weighted by atomic mass is 10.2. The van der Waals surface area contributed by atoms with E-state index in [1.54, 1.807) is 0 Å². The molecule has 1 heterocycles. The van der Waals surface area contributed by atoms with Gasteiger partial charge in [-0.1, -0.05) is 26.7 Å². The Morgan fingerprint density at radius 3 is 2.35 bits per heavy atom. The van der Waals surface area contributed by atoms with Crippen molar-refractivity contribution in [3.05, 3.63) is 0 Å². The second kappa shape index (κ2) is 7.19. The van der Waals surface area contributed by atoms with Gasteiger partial charge in [0.25, 0.3) is 5.25 Å². The summed E-state index contributed by atoms with van der Waals surface area (Å²) in [6.45, 7) is 6.07. The molecule has 0 aromatic heterocycles. The molecule has 6 heteroatoms. The van der Waals surface area contributed by atoms with Gasteiger partial charge >= 0.3 is 0 Å². The second-order valence-corrected chi connectivity index (χ2v) is 4.92. The lowest BCUT2D eigenvalue weighted by Crippen LogP contribution is -2.46. The van der Waals surface area contributed by atoms with Gasteiger partial charge in [0, 0.05) is 13.1 Å². The minimum Gasteiger partial charge on any atom is -0.322 e. The zero-order valence-electron chi connectivity index (χ0n) is 10.4. The number of hydrogen-bond acceptors (Lipinski definition) is 4. The van der Waals surface area contributed by atoms with Crippen LogP contribution in [0, 0.1) is 0 Å². The van der Waals surface area contributed by atoms with Gasteiger partial charge in [-0.05, 0) is 36.0 Å². The maximum absolute atomic E-state index is 6.42. The van der Waals surface area contributed by atoms with Gasteiger partial charge in [0.05, 0.1) is 6.34 Å². The van der Waals surface area contributed by atoms with E-state index in [4.69, 9.17) is 23.2 Å². The Labute approximate surface area is 113 Å². The quantitative estimate of drug-likeness (QED) is 0.575. The average molecular weight is 279 g/mol. The molecule has 0 bridgehead atoms. The van der Waals surface area contributed by atoms with E-state index >= 15 is 0 Å². The lowest BCUT2D eigenvalue weighted by Gasteiger charge is -2.34. The topological polar surface area (TPSA) is 40.0 Å². The summed E-state index contributed by atoms with van der Waals surface area (Å²) in [5.74, 6) is 0. The summed E-state index contributed by atoms with van der Waals surface area (Å²) in [4.78, 5) is 10.5. The van der Waals surface area contributed by atoms with E-state index in [0.717, 1.165) is 38.8 Å². The van der Waals surface area contributed by atoms with Gasteiger partial charge in [-0.25, -0.2) is 9.89 Å².